The summed E-state index contributed by atoms with van der Waals surface area (Å²) < 4.78 is 10.6. The molecule has 1 fully saturated rings. The number of nitrogens with zero attached hydrogens (tertiary/aromatic N) is 4. The Morgan fingerprint density at radius 1 is 1.11 bits per heavy atom. The smallest absolute Gasteiger partial charge is 0.226 e. The first-order valence-corrected chi connectivity index (χ1v) is 10.6. The molecule has 1 aliphatic rings. The van der Waals surface area contributed by atoms with Crippen LogP contribution in [0.5, 0.6) is 0 Å². The van der Waals surface area contributed by atoms with E-state index in [4.69, 9.17) is 9.26 Å². The molecule has 0 N–H and O–H groups in total. The average molecular weight is 381 g/mol. The molecule has 0 spiro atoms. The Morgan fingerprint density at radius 2 is 1.93 bits per heavy atom. The zero-order valence-electron chi connectivity index (χ0n) is 17.1. The van der Waals surface area contributed by atoms with Gasteiger partial charge < -0.3 is 14.2 Å². The van der Waals surface area contributed by atoms with Crippen molar-refractivity contribution in [2.75, 3.05) is 45.9 Å². The highest BCUT2D eigenvalue weighted by Crippen LogP contribution is 2.09. The number of carbonyl (C=O) groups is 1. The van der Waals surface area contributed by atoms with Crippen molar-refractivity contribution in [3.05, 3.63) is 11.7 Å². The monoisotopic (exact) mass is 380 g/mol. The van der Waals surface area contributed by atoms with E-state index in [-0.39, 0.29) is 5.91 Å². The first kappa shape index (κ1) is 21.8. The van der Waals surface area contributed by atoms with Crippen molar-refractivity contribution in [3.8, 4) is 0 Å². The van der Waals surface area contributed by atoms with E-state index in [0.717, 1.165) is 71.0 Å². The van der Waals surface area contributed by atoms with Gasteiger partial charge in [0, 0.05) is 52.0 Å². The summed E-state index contributed by atoms with van der Waals surface area (Å²) in [5.41, 5.74) is 0. The van der Waals surface area contributed by atoms with Gasteiger partial charge in [-0.1, -0.05) is 38.3 Å². The van der Waals surface area contributed by atoms with E-state index in [1.54, 1.807) is 0 Å². The maximum Gasteiger partial charge on any atom is 0.226 e. The fourth-order valence-electron chi connectivity index (χ4n) is 3.26. The summed E-state index contributed by atoms with van der Waals surface area (Å²) in [6, 6.07) is 0. The number of rotatable bonds is 13. The number of ether oxygens (including phenoxy) is 1. The average Bonchev–Trinajstić information content (AvgIpc) is 3.16. The molecule has 0 atom stereocenters. The minimum Gasteiger partial charge on any atom is -0.379 e. The molecule has 27 heavy (non-hydrogen) atoms. The van der Waals surface area contributed by atoms with Crippen LogP contribution in [0, 0.1) is 0 Å². The Balaban J connectivity index is 1.75. The van der Waals surface area contributed by atoms with Gasteiger partial charge in [0.1, 0.15) is 0 Å². The molecule has 0 aromatic carbocycles. The van der Waals surface area contributed by atoms with Crippen molar-refractivity contribution >= 4 is 5.91 Å². The van der Waals surface area contributed by atoms with Crippen LogP contribution in [0.4, 0.5) is 0 Å². The normalized spacial score (nSPS) is 15.2. The number of aromatic nitrogens is 2. The van der Waals surface area contributed by atoms with Crippen LogP contribution in [0.15, 0.2) is 4.52 Å². The van der Waals surface area contributed by atoms with Crippen LogP contribution >= 0.6 is 0 Å². The quantitative estimate of drug-likeness (QED) is 0.490. The van der Waals surface area contributed by atoms with E-state index in [0.29, 0.717) is 18.7 Å². The molecule has 0 aliphatic carbocycles. The third kappa shape index (κ3) is 8.39. The van der Waals surface area contributed by atoms with E-state index >= 15 is 0 Å². The first-order valence-electron chi connectivity index (χ1n) is 10.6. The van der Waals surface area contributed by atoms with Gasteiger partial charge in [0.15, 0.2) is 5.82 Å². The number of hydrogen-bond donors (Lipinski definition) is 0. The molecule has 1 aliphatic heterocycles. The van der Waals surface area contributed by atoms with Gasteiger partial charge in [-0.2, -0.15) is 4.98 Å². The van der Waals surface area contributed by atoms with Gasteiger partial charge in [0.05, 0.1) is 13.2 Å². The molecule has 1 aromatic rings. The first-order chi connectivity index (χ1) is 13.2. The molecular formula is C20H36N4O3. The predicted octanol–water partition coefficient (Wildman–Crippen LogP) is 2.70. The number of morpholine rings is 1. The highest BCUT2D eigenvalue weighted by atomic mass is 16.5. The zero-order valence-corrected chi connectivity index (χ0v) is 17.1. The highest BCUT2D eigenvalue weighted by molar-refractivity contribution is 5.76. The topological polar surface area (TPSA) is 71.7 Å². The number of amides is 1. The molecule has 1 aromatic heterocycles. The minimum absolute atomic E-state index is 0.245. The molecule has 2 rings (SSSR count). The molecule has 154 valence electrons. The lowest BCUT2D eigenvalue weighted by atomic mass is 10.1. The van der Waals surface area contributed by atoms with Crippen LogP contribution in [-0.4, -0.2) is 71.8 Å². The molecule has 0 bridgehead atoms. The second kappa shape index (κ2) is 12.8. The van der Waals surface area contributed by atoms with Crippen LogP contribution in [-0.2, 0) is 22.4 Å². The summed E-state index contributed by atoms with van der Waals surface area (Å²) >= 11 is 0. The largest absolute Gasteiger partial charge is 0.379 e. The second-order valence-corrected chi connectivity index (χ2v) is 7.21. The number of unbranched alkanes of at least 4 members (excludes halogenated alkanes) is 3. The SMILES string of the molecule is CCCCCCN(CCN1CCOCC1)C(=O)CCCc1nc(CC)no1. The lowest BCUT2D eigenvalue weighted by molar-refractivity contribution is -0.131. The second-order valence-electron chi connectivity index (χ2n) is 7.21. The van der Waals surface area contributed by atoms with Crippen LogP contribution in [0.2, 0.25) is 0 Å². The predicted molar refractivity (Wildman–Crippen MR) is 105 cm³/mol. The Labute approximate surface area is 163 Å². The molecule has 1 amide bonds. The maximum atomic E-state index is 12.7. The fourth-order valence-corrected chi connectivity index (χ4v) is 3.26. The van der Waals surface area contributed by atoms with Crippen molar-refractivity contribution in [1.82, 2.24) is 19.9 Å². The lowest BCUT2D eigenvalue weighted by Crippen LogP contribution is -2.43. The van der Waals surface area contributed by atoms with Gasteiger partial charge in [0.25, 0.3) is 0 Å². The summed E-state index contributed by atoms with van der Waals surface area (Å²) in [6.07, 6.45) is 7.48. The summed E-state index contributed by atoms with van der Waals surface area (Å²) in [4.78, 5) is 21.5. The van der Waals surface area contributed by atoms with E-state index in [2.05, 4.69) is 26.9 Å². The van der Waals surface area contributed by atoms with Crippen LogP contribution < -0.4 is 0 Å². The molecule has 7 nitrogen and oxygen atoms in total. The molecule has 0 saturated carbocycles. The van der Waals surface area contributed by atoms with E-state index < -0.39 is 0 Å². The van der Waals surface area contributed by atoms with Crippen molar-refractivity contribution in [2.24, 2.45) is 0 Å². The van der Waals surface area contributed by atoms with Crippen molar-refractivity contribution in [3.63, 3.8) is 0 Å². The van der Waals surface area contributed by atoms with Gasteiger partial charge in [0.2, 0.25) is 11.8 Å². The number of carbonyl (C=O) groups excluding carboxylic acids is 1. The third-order valence-electron chi connectivity index (χ3n) is 5.03. The van der Waals surface area contributed by atoms with E-state index in [9.17, 15) is 4.79 Å². The van der Waals surface area contributed by atoms with Gasteiger partial charge in [-0.15, -0.1) is 0 Å². The molecule has 1 saturated heterocycles. The molecule has 2 heterocycles. The molecule has 7 heteroatoms. The van der Waals surface area contributed by atoms with Gasteiger partial charge in [-0.3, -0.25) is 9.69 Å². The summed E-state index contributed by atoms with van der Waals surface area (Å²) in [7, 11) is 0. The van der Waals surface area contributed by atoms with Gasteiger partial charge >= 0.3 is 0 Å². The van der Waals surface area contributed by atoms with Crippen molar-refractivity contribution in [1.29, 1.82) is 0 Å². The summed E-state index contributed by atoms with van der Waals surface area (Å²) in [5, 5.41) is 3.91. The number of aryl methyl sites for hydroxylation is 2. The van der Waals surface area contributed by atoms with Crippen LogP contribution in [0.3, 0.4) is 0 Å². The minimum atomic E-state index is 0.245. The summed E-state index contributed by atoms with van der Waals surface area (Å²) in [6.45, 7) is 10.4. The Morgan fingerprint density at radius 3 is 2.63 bits per heavy atom. The molecule has 0 unspecified atom stereocenters. The van der Waals surface area contributed by atoms with Crippen molar-refractivity contribution < 1.29 is 14.1 Å². The zero-order chi connectivity index (χ0) is 19.3. The van der Waals surface area contributed by atoms with Gasteiger partial charge in [-0.25, -0.2) is 0 Å². The highest BCUT2D eigenvalue weighted by Gasteiger charge is 2.17. The fraction of sp³-hybridized carbons (Fsp3) is 0.850. The standard InChI is InChI=1S/C20H36N4O3/c1-3-5-6-7-11-24(13-12-23-14-16-26-17-15-23)20(25)10-8-9-19-21-18(4-2)22-27-19/h3-17H2,1-2H3. The van der Waals surface area contributed by atoms with E-state index in [1.165, 1.54) is 19.3 Å². The van der Waals surface area contributed by atoms with Crippen LogP contribution in [0.1, 0.15) is 64.1 Å². The van der Waals surface area contributed by atoms with E-state index in [1.807, 2.05) is 6.92 Å². The Bertz CT molecular complexity index is 529. The molecule has 0 radical (unpaired) electrons. The van der Waals surface area contributed by atoms with Crippen molar-refractivity contribution in [2.45, 2.75) is 65.2 Å². The molecular weight excluding hydrogens is 344 g/mol. The van der Waals surface area contributed by atoms with Gasteiger partial charge in [-0.05, 0) is 12.8 Å². The maximum absolute atomic E-state index is 12.7. The van der Waals surface area contributed by atoms with Crippen LogP contribution in [0.25, 0.3) is 0 Å². The summed E-state index contributed by atoms with van der Waals surface area (Å²) in [5.74, 6) is 1.62. The Hall–Kier alpha value is -1.47. The third-order valence-corrected chi connectivity index (χ3v) is 5.03. The number of hydrogen-bond acceptors (Lipinski definition) is 6. The lowest BCUT2D eigenvalue weighted by Gasteiger charge is -2.30. The Kier molecular flexibility index (Phi) is 10.4.